The second-order valence-electron chi connectivity index (χ2n) is 2.24. The van der Waals surface area contributed by atoms with Gasteiger partial charge in [0, 0.05) is 3.57 Å². The molecule has 0 aliphatic heterocycles. The van der Waals surface area contributed by atoms with Crippen LogP contribution in [0, 0.1) is 14.1 Å². The molecule has 0 bridgehead atoms. The van der Waals surface area contributed by atoms with Gasteiger partial charge in [-0.2, -0.15) is 0 Å². The quantitative estimate of drug-likeness (QED) is 0.687. The molecule has 1 aromatic rings. The summed E-state index contributed by atoms with van der Waals surface area (Å²) in [5.74, 6) is 0.992. The van der Waals surface area contributed by atoms with Crippen LogP contribution in [0.2, 0.25) is 0 Å². The summed E-state index contributed by atoms with van der Waals surface area (Å²) in [7, 11) is 1.71. The SMILES string of the molecule is COc1c(C)cc(I)cc1I. The van der Waals surface area contributed by atoms with E-state index in [1.807, 2.05) is 0 Å². The van der Waals surface area contributed by atoms with Gasteiger partial charge < -0.3 is 4.74 Å². The van der Waals surface area contributed by atoms with Crippen molar-refractivity contribution in [2.45, 2.75) is 6.92 Å². The van der Waals surface area contributed by atoms with Crippen LogP contribution in [0.5, 0.6) is 5.75 Å². The van der Waals surface area contributed by atoms with E-state index in [2.05, 4.69) is 64.2 Å². The van der Waals surface area contributed by atoms with Gasteiger partial charge in [-0.1, -0.05) is 0 Å². The fourth-order valence-corrected chi connectivity index (χ4v) is 3.30. The molecule has 0 unspecified atom stereocenters. The maximum Gasteiger partial charge on any atom is 0.135 e. The lowest BCUT2D eigenvalue weighted by atomic mass is 10.2. The van der Waals surface area contributed by atoms with Crippen molar-refractivity contribution in [3.05, 3.63) is 24.8 Å². The minimum atomic E-state index is 0.992. The smallest absolute Gasteiger partial charge is 0.135 e. The van der Waals surface area contributed by atoms with Gasteiger partial charge in [-0.3, -0.25) is 0 Å². The van der Waals surface area contributed by atoms with E-state index in [9.17, 15) is 0 Å². The van der Waals surface area contributed by atoms with Gasteiger partial charge in [0.05, 0.1) is 10.7 Å². The molecule has 0 saturated carbocycles. The Kier molecular flexibility index (Phi) is 3.42. The van der Waals surface area contributed by atoms with Gasteiger partial charge in [0.25, 0.3) is 0 Å². The van der Waals surface area contributed by atoms with Crippen LogP contribution in [0.15, 0.2) is 12.1 Å². The number of ether oxygens (including phenoxy) is 1. The Hall–Kier alpha value is 0.480. The van der Waals surface area contributed by atoms with Crippen molar-refractivity contribution in [2.24, 2.45) is 0 Å². The summed E-state index contributed by atoms with van der Waals surface area (Å²) < 4.78 is 7.65. The summed E-state index contributed by atoms with van der Waals surface area (Å²) in [5, 5.41) is 0. The second-order valence-corrected chi connectivity index (χ2v) is 4.65. The zero-order valence-corrected chi connectivity index (χ0v) is 10.6. The number of hydrogen-bond acceptors (Lipinski definition) is 1. The molecule has 1 nitrogen and oxygen atoms in total. The summed E-state index contributed by atoms with van der Waals surface area (Å²) in [6, 6.07) is 4.22. The number of halogens is 2. The van der Waals surface area contributed by atoms with E-state index in [1.165, 1.54) is 12.7 Å². The highest BCUT2D eigenvalue weighted by atomic mass is 127. The highest BCUT2D eigenvalue weighted by molar-refractivity contribution is 14.1. The molecule has 0 fully saturated rings. The molecule has 0 aliphatic carbocycles. The fraction of sp³-hybridized carbons (Fsp3) is 0.250. The van der Waals surface area contributed by atoms with Crippen molar-refractivity contribution in [1.29, 1.82) is 0 Å². The molecule has 1 aromatic carbocycles. The largest absolute Gasteiger partial charge is 0.495 e. The lowest BCUT2D eigenvalue weighted by molar-refractivity contribution is 0.408. The first-order valence-corrected chi connectivity index (χ1v) is 5.30. The number of benzene rings is 1. The van der Waals surface area contributed by atoms with Crippen LogP contribution in [0.25, 0.3) is 0 Å². The van der Waals surface area contributed by atoms with E-state index < -0.39 is 0 Å². The average molecular weight is 374 g/mol. The van der Waals surface area contributed by atoms with Crippen LogP contribution in [0.4, 0.5) is 0 Å². The average Bonchev–Trinajstić information content (AvgIpc) is 1.85. The van der Waals surface area contributed by atoms with E-state index in [0.29, 0.717) is 0 Å². The first-order chi connectivity index (χ1) is 5.15. The van der Waals surface area contributed by atoms with Crippen LogP contribution in [0.1, 0.15) is 5.56 Å². The summed E-state index contributed by atoms with van der Waals surface area (Å²) in [5.41, 5.74) is 1.20. The topological polar surface area (TPSA) is 9.23 Å². The van der Waals surface area contributed by atoms with Gasteiger partial charge in [0.15, 0.2) is 0 Å². The molecule has 0 saturated heterocycles. The van der Waals surface area contributed by atoms with Crippen molar-refractivity contribution in [3.8, 4) is 5.75 Å². The molecular weight excluding hydrogens is 366 g/mol. The maximum absolute atomic E-state index is 5.22. The van der Waals surface area contributed by atoms with Crippen molar-refractivity contribution < 1.29 is 4.74 Å². The van der Waals surface area contributed by atoms with E-state index in [0.717, 1.165) is 5.75 Å². The highest BCUT2D eigenvalue weighted by Crippen LogP contribution is 2.26. The van der Waals surface area contributed by atoms with Crippen LogP contribution >= 0.6 is 45.2 Å². The predicted octanol–water partition coefficient (Wildman–Crippen LogP) is 3.21. The first-order valence-electron chi connectivity index (χ1n) is 3.15. The third-order valence-corrected chi connectivity index (χ3v) is 2.82. The highest BCUT2D eigenvalue weighted by Gasteiger charge is 2.03. The Labute approximate surface area is 93.8 Å². The first kappa shape index (κ1) is 9.57. The number of aryl methyl sites for hydroxylation is 1. The summed E-state index contributed by atoms with van der Waals surface area (Å²) >= 11 is 4.59. The van der Waals surface area contributed by atoms with Crippen LogP contribution in [-0.4, -0.2) is 7.11 Å². The van der Waals surface area contributed by atoms with Gasteiger partial charge >= 0.3 is 0 Å². The van der Waals surface area contributed by atoms with Crippen LogP contribution in [0.3, 0.4) is 0 Å². The molecule has 0 atom stereocenters. The summed E-state index contributed by atoms with van der Waals surface area (Å²) in [4.78, 5) is 0. The van der Waals surface area contributed by atoms with Crippen molar-refractivity contribution in [1.82, 2.24) is 0 Å². The molecule has 0 spiro atoms. The van der Waals surface area contributed by atoms with Gasteiger partial charge in [-0.05, 0) is 69.8 Å². The van der Waals surface area contributed by atoms with Gasteiger partial charge in [-0.25, -0.2) is 0 Å². The predicted molar refractivity (Wildman–Crippen MR) is 63.2 cm³/mol. The van der Waals surface area contributed by atoms with Crippen LogP contribution in [-0.2, 0) is 0 Å². The van der Waals surface area contributed by atoms with Crippen LogP contribution < -0.4 is 4.74 Å². The zero-order valence-electron chi connectivity index (χ0n) is 6.32. The van der Waals surface area contributed by atoms with Gasteiger partial charge in [0.1, 0.15) is 5.75 Å². The van der Waals surface area contributed by atoms with E-state index in [-0.39, 0.29) is 0 Å². The Morgan fingerprint density at radius 2 is 1.91 bits per heavy atom. The Bertz CT molecular complexity index is 248. The van der Waals surface area contributed by atoms with Crippen molar-refractivity contribution in [3.63, 3.8) is 0 Å². The summed E-state index contributed by atoms with van der Waals surface area (Å²) in [6.07, 6.45) is 0. The maximum atomic E-state index is 5.22. The lowest BCUT2D eigenvalue weighted by Crippen LogP contribution is -1.91. The van der Waals surface area contributed by atoms with E-state index in [1.54, 1.807) is 7.11 Å². The monoisotopic (exact) mass is 374 g/mol. The van der Waals surface area contributed by atoms with Crippen molar-refractivity contribution in [2.75, 3.05) is 7.11 Å². The zero-order chi connectivity index (χ0) is 8.43. The van der Waals surface area contributed by atoms with Crippen molar-refractivity contribution >= 4 is 45.2 Å². The Morgan fingerprint density at radius 3 is 2.36 bits per heavy atom. The number of hydrogen-bond donors (Lipinski definition) is 0. The molecule has 0 radical (unpaired) electrons. The molecule has 1 rings (SSSR count). The summed E-state index contributed by atoms with van der Waals surface area (Å²) in [6.45, 7) is 2.06. The third kappa shape index (κ3) is 2.21. The molecule has 0 aliphatic rings. The Morgan fingerprint density at radius 1 is 1.27 bits per heavy atom. The second kappa shape index (κ2) is 3.93. The van der Waals surface area contributed by atoms with Gasteiger partial charge in [-0.15, -0.1) is 0 Å². The standard InChI is InChI=1S/C8H8I2O/c1-5-3-6(9)4-7(10)8(5)11-2/h3-4H,1-2H3. The number of rotatable bonds is 1. The minimum Gasteiger partial charge on any atom is -0.495 e. The van der Waals surface area contributed by atoms with Gasteiger partial charge in [0.2, 0.25) is 0 Å². The number of methoxy groups -OCH3 is 1. The normalized spacial score (nSPS) is 9.82. The molecule has 0 aromatic heterocycles. The molecule has 60 valence electrons. The van der Waals surface area contributed by atoms with E-state index in [4.69, 9.17) is 4.74 Å². The molecule has 3 heteroatoms. The fourth-order valence-electron chi connectivity index (χ4n) is 0.948. The molecular formula is C8H8I2O. The molecule has 0 N–H and O–H groups in total. The molecule has 11 heavy (non-hydrogen) atoms. The van der Waals surface area contributed by atoms with E-state index >= 15 is 0 Å². The Balaban J connectivity index is 3.25. The third-order valence-electron chi connectivity index (χ3n) is 1.40. The minimum absolute atomic E-state index is 0.992. The molecule has 0 heterocycles. The lowest BCUT2D eigenvalue weighted by Gasteiger charge is -2.06. The molecule has 0 amide bonds.